The van der Waals surface area contributed by atoms with Crippen LogP contribution in [0.4, 0.5) is 11.4 Å². The molecule has 14 nitrogen and oxygen atoms in total. The second-order valence-corrected chi connectivity index (χ2v) is 11.7. The summed E-state index contributed by atoms with van der Waals surface area (Å²) < 4.78 is 71.5. The average molecular weight is 623 g/mol. The van der Waals surface area contributed by atoms with Gasteiger partial charge in [-0.3, -0.25) is 24.6 Å². The van der Waals surface area contributed by atoms with Gasteiger partial charge in [0.05, 0.1) is 26.6 Å². The quantitative estimate of drug-likeness (QED) is 0.0546. The van der Waals surface area contributed by atoms with E-state index in [1.807, 2.05) is 0 Å². The van der Waals surface area contributed by atoms with Crippen molar-refractivity contribution in [3.8, 4) is 16.9 Å². The summed E-state index contributed by atoms with van der Waals surface area (Å²) in [6.45, 7) is 0.941. The first kappa shape index (κ1) is 34.7. The van der Waals surface area contributed by atoms with Gasteiger partial charge in [0.25, 0.3) is 0 Å². The summed E-state index contributed by atoms with van der Waals surface area (Å²) in [7, 11) is -10.9. The molecule has 0 atom stereocenters. The first-order valence-electron chi connectivity index (χ1n) is 11.6. The number of rotatable bonds is 5. The molecule has 18 heteroatoms. The maximum Gasteiger partial charge on any atom is 1.00 e. The van der Waals surface area contributed by atoms with E-state index in [1.165, 1.54) is 12.1 Å². The minimum Gasteiger partial charge on any atom is -0.744 e. The van der Waals surface area contributed by atoms with Crippen LogP contribution in [0, 0.1) is 0 Å². The largest absolute Gasteiger partial charge is 1.00 e. The van der Waals surface area contributed by atoms with Crippen molar-refractivity contribution in [3.05, 3.63) is 90.6 Å². The van der Waals surface area contributed by atoms with Crippen LogP contribution in [0.25, 0.3) is 32.7 Å². The maximum absolute atomic E-state index is 13.0. The first-order chi connectivity index (χ1) is 19.6. The Bertz CT molecular complexity index is 2420. The molecule has 2 aliphatic carbocycles. The SMILES string of the molecule is CC(=O)Nc1c(S(=O)(=O)[O-])cc(S(=O)(=O)[O-])c2ccc(NN=c3cc4c(=O)c5ccccc5c(=O)c-4cc3=O)c(O)c12.[Li+].[Li+]. The van der Waals surface area contributed by atoms with Gasteiger partial charge in [-0.2, -0.15) is 5.10 Å². The molecule has 0 spiro atoms. The van der Waals surface area contributed by atoms with E-state index in [0.717, 1.165) is 31.2 Å². The van der Waals surface area contributed by atoms with Crippen LogP contribution in [0.1, 0.15) is 6.92 Å². The molecule has 2 aliphatic rings. The van der Waals surface area contributed by atoms with Gasteiger partial charge in [0.1, 0.15) is 25.6 Å². The van der Waals surface area contributed by atoms with E-state index in [4.69, 9.17) is 0 Å². The topological polar surface area (TPSA) is 239 Å². The van der Waals surface area contributed by atoms with Crippen molar-refractivity contribution in [2.75, 3.05) is 10.7 Å². The molecule has 0 aromatic heterocycles. The van der Waals surface area contributed by atoms with Crippen LogP contribution in [0.2, 0.25) is 0 Å². The van der Waals surface area contributed by atoms with Gasteiger partial charge in [0, 0.05) is 34.2 Å². The molecular weight excluding hydrogens is 608 g/mol. The van der Waals surface area contributed by atoms with E-state index in [0.29, 0.717) is 0 Å². The molecule has 0 saturated carbocycles. The second kappa shape index (κ2) is 12.3. The molecule has 0 unspecified atom stereocenters. The summed E-state index contributed by atoms with van der Waals surface area (Å²) in [6, 6.07) is 10.3. The molecule has 0 radical (unpaired) electrons. The second-order valence-electron chi connectivity index (χ2n) is 9.01. The van der Waals surface area contributed by atoms with Crippen molar-refractivity contribution >= 4 is 59.1 Å². The van der Waals surface area contributed by atoms with Gasteiger partial charge in [-0.1, -0.05) is 30.3 Å². The van der Waals surface area contributed by atoms with Crippen molar-refractivity contribution in [1.29, 1.82) is 0 Å². The molecule has 214 valence electrons. The van der Waals surface area contributed by atoms with Gasteiger partial charge in [0.2, 0.25) is 11.3 Å². The predicted molar refractivity (Wildman–Crippen MR) is 147 cm³/mol. The Labute approximate surface area is 271 Å². The number of amides is 1. The Balaban J connectivity index is 0.00000264. The summed E-state index contributed by atoms with van der Waals surface area (Å²) in [5.74, 6) is -1.87. The number of nitrogens with zero attached hydrogens (tertiary/aromatic N) is 1. The van der Waals surface area contributed by atoms with Gasteiger partial charge in [-0.15, -0.1) is 0 Å². The number of phenols is 1. The van der Waals surface area contributed by atoms with E-state index in [1.54, 1.807) is 12.1 Å². The molecule has 0 aliphatic heterocycles. The smallest absolute Gasteiger partial charge is 0.744 e. The molecule has 5 rings (SSSR count). The zero-order chi connectivity index (χ0) is 30.7. The van der Waals surface area contributed by atoms with E-state index in [2.05, 4.69) is 15.8 Å². The van der Waals surface area contributed by atoms with Crippen LogP contribution in [0.3, 0.4) is 0 Å². The van der Waals surface area contributed by atoms with Crippen molar-refractivity contribution < 1.29 is 73.6 Å². The number of fused-ring (bicyclic) bond motifs is 3. The summed E-state index contributed by atoms with van der Waals surface area (Å²) in [6.07, 6.45) is 0. The Hall–Kier alpha value is -3.84. The van der Waals surface area contributed by atoms with E-state index in [-0.39, 0.29) is 71.0 Å². The number of anilines is 2. The summed E-state index contributed by atoms with van der Waals surface area (Å²) in [5, 5.41) is 15.6. The molecule has 3 N–H and O–H groups in total. The normalized spacial score (nSPS) is 12.1. The number of carbonyl (C=O) groups excluding carboxylic acids is 1. The zero-order valence-corrected chi connectivity index (χ0v) is 24.6. The fourth-order valence-electron chi connectivity index (χ4n) is 4.56. The average Bonchev–Trinajstić information content (AvgIpc) is 2.90. The van der Waals surface area contributed by atoms with Crippen molar-refractivity contribution in [3.63, 3.8) is 0 Å². The van der Waals surface area contributed by atoms with Crippen LogP contribution < -0.4 is 70.1 Å². The number of nitrogens with one attached hydrogen (secondary N) is 2. The van der Waals surface area contributed by atoms with Crippen molar-refractivity contribution in [1.82, 2.24) is 0 Å². The number of hydrogen-bond acceptors (Lipinski definition) is 13. The summed E-state index contributed by atoms with van der Waals surface area (Å²) in [5.41, 5.74) is -0.983. The van der Waals surface area contributed by atoms with E-state index in [9.17, 15) is 50.2 Å². The number of phenolic OH excluding ortho intramolecular Hbond substituents is 1. The van der Waals surface area contributed by atoms with Gasteiger partial charge < -0.3 is 19.5 Å². The molecular formula is C26H15Li2N3O11S2. The van der Waals surface area contributed by atoms with Crippen molar-refractivity contribution in [2.45, 2.75) is 16.7 Å². The molecule has 44 heavy (non-hydrogen) atoms. The zero-order valence-electron chi connectivity index (χ0n) is 23.0. The van der Waals surface area contributed by atoms with Crippen molar-refractivity contribution in [2.24, 2.45) is 5.10 Å². The predicted octanol–water partition coefficient (Wildman–Crippen LogP) is -5.54. The van der Waals surface area contributed by atoms with Crippen LogP contribution in [0.5, 0.6) is 5.75 Å². The third-order valence-corrected chi connectivity index (χ3v) is 8.08. The van der Waals surface area contributed by atoms with Crippen LogP contribution >= 0.6 is 0 Å². The third-order valence-electron chi connectivity index (χ3n) is 6.34. The Morgan fingerprint density at radius 3 is 1.86 bits per heavy atom. The molecule has 0 heterocycles. The van der Waals surface area contributed by atoms with Crippen LogP contribution in [-0.2, 0) is 25.0 Å². The van der Waals surface area contributed by atoms with Crippen LogP contribution in [0.15, 0.2) is 83.9 Å². The standard InChI is InChI=1S/C26H17N3O11S2.2Li/c1-11(30)27-23-21(42(38,39)40)10-20(41(35,36)37)14-6-7-17(26(34)22(14)23)28-29-18-8-15-16(9-19(18)31)25(33)13-5-3-2-4-12(13)24(15)32;;/h2-10,28,34H,1H3,(H,27,30)(H,35,36,37)(H,38,39,40);;/q;2*+1/p-2. The molecule has 3 aromatic rings. The van der Waals surface area contributed by atoms with E-state index < -0.39 is 80.1 Å². The number of aromatic hydroxyl groups is 1. The molecule has 0 bridgehead atoms. The van der Waals surface area contributed by atoms with E-state index >= 15 is 0 Å². The molecule has 0 saturated heterocycles. The van der Waals surface area contributed by atoms with Gasteiger partial charge in [-0.05, 0) is 24.3 Å². The van der Waals surface area contributed by atoms with Gasteiger partial charge in [0.15, 0.2) is 16.6 Å². The number of benzene rings is 5. The Kier molecular flexibility index (Phi) is 9.67. The Morgan fingerprint density at radius 2 is 1.34 bits per heavy atom. The molecule has 1 amide bonds. The summed E-state index contributed by atoms with van der Waals surface area (Å²) in [4.78, 5) is 47.9. The molecule has 0 fully saturated rings. The Morgan fingerprint density at radius 1 is 0.795 bits per heavy atom. The number of hydrogen-bond donors (Lipinski definition) is 3. The molecule has 3 aromatic carbocycles. The first-order valence-corrected chi connectivity index (χ1v) is 14.4. The minimum atomic E-state index is -5.51. The van der Waals surface area contributed by atoms with Gasteiger partial charge >= 0.3 is 37.7 Å². The van der Waals surface area contributed by atoms with Gasteiger partial charge in [-0.25, -0.2) is 16.8 Å². The summed E-state index contributed by atoms with van der Waals surface area (Å²) >= 11 is 0. The maximum atomic E-state index is 13.0. The van der Waals surface area contributed by atoms with Crippen LogP contribution in [-0.4, -0.2) is 37.0 Å². The monoisotopic (exact) mass is 623 g/mol. The third kappa shape index (κ3) is 6.07. The minimum absolute atomic E-state index is 0. The fourth-order valence-corrected chi connectivity index (χ4v) is 6.00. The fraction of sp³-hybridized carbons (Fsp3) is 0.0385. The number of carbonyl (C=O) groups is 1.